The third kappa shape index (κ3) is 6.40. The Morgan fingerprint density at radius 1 is 1.32 bits per heavy atom. The van der Waals surface area contributed by atoms with Gasteiger partial charge in [0.25, 0.3) is 0 Å². The van der Waals surface area contributed by atoms with E-state index in [9.17, 15) is 14.7 Å². The van der Waals surface area contributed by atoms with Gasteiger partial charge in [-0.25, -0.2) is 0 Å². The van der Waals surface area contributed by atoms with E-state index in [0.717, 1.165) is 17.8 Å². The minimum atomic E-state index is -2.41. The topological polar surface area (TPSA) is 99.8 Å². The van der Waals surface area contributed by atoms with Crippen molar-refractivity contribution < 1.29 is 19.2 Å². The summed E-state index contributed by atoms with van der Waals surface area (Å²) in [4.78, 5) is 28.8. The van der Waals surface area contributed by atoms with E-state index in [1.165, 1.54) is 11.9 Å². The number of rotatable bonds is 8. The minimum absolute atomic E-state index is 0.0293. The van der Waals surface area contributed by atoms with Crippen LogP contribution >= 0.6 is 11.6 Å². The molecule has 1 aromatic heterocycles. The maximum Gasteiger partial charge on any atom is 0.248 e. The summed E-state index contributed by atoms with van der Waals surface area (Å²) in [5.74, 6) is 0.0405. The van der Waals surface area contributed by atoms with Gasteiger partial charge in [-0.1, -0.05) is 35.0 Å². The smallest absolute Gasteiger partial charge is 0.248 e. The second-order valence-corrected chi connectivity index (χ2v) is 6.17. The van der Waals surface area contributed by atoms with Gasteiger partial charge in [0.15, 0.2) is 5.82 Å². The summed E-state index contributed by atoms with van der Waals surface area (Å²) in [7, 11) is 11.8. The molecule has 0 spiro atoms. The number of amides is 2. The number of carbonyl (C=O) groups is 2. The van der Waals surface area contributed by atoms with Crippen molar-refractivity contribution in [2.24, 2.45) is 0 Å². The zero-order chi connectivity index (χ0) is 20.7. The molecular weight excluding hydrogens is 381 g/mol. The Kier molecular flexibility index (Phi) is 7.19. The average Bonchev–Trinajstić information content (AvgIpc) is 3.07. The van der Waals surface area contributed by atoms with Gasteiger partial charge in [0, 0.05) is 24.3 Å². The molecule has 11 heteroatoms. The van der Waals surface area contributed by atoms with Crippen LogP contribution in [0.1, 0.15) is 17.3 Å². The first kappa shape index (κ1) is 21.5. The molecule has 2 aromatic rings. The third-order valence-corrected chi connectivity index (χ3v) is 3.68. The van der Waals surface area contributed by atoms with E-state index >= 15 is 0 Å². The highest BCUT2D eigenvalue weighted by Gasteiger charge is 2.19. The molecule has 0 atom stereocenters. The van der Waals surface area contributed by atoms with Gasteiger partial charge in [-0.15, -0.1) is 0 Å². The molecule has 0 unspecified atom stereocenters. The van der Waals surface area contributed by atoms with Gasteiger partial charge in [0.05, 0.1) is 12.1 Å². The zero-order valence-corrected chi connectivity index (χ0v) is 15.7. The molecule has 2 amide bonds. The first-order valence-corrected chi connectivity index (χ1v) is 8.30. The minimum Gasteiger partial charge on any atom is -0.389 e. The highest BCUT2D eigenvalue weighted by atomic mass is 35.5. The first-order chi connectivity index (χ1) is 13.2. The van der Waals surface area contributed by atoms with Gasteiger partial charge in [-0.3, -0.25) is 9.59 Å². The normalized spacial score (nSPS) is 11.8. The molecule has 0 saturated carbocycles. The van der Waals surface area contributed by atoms with Crippen LogP contribution in [0.5, 0.6) is 0 Å². The van der Waals surface area contributed by atoms with E-state index in [-0.39, 0.29) is 18.8 Å². The summed E-state index contributed by atoms with van der Waals surface area (Å²) in [5, 5.41) is 13.8. The van der Waals surface area contributed by atoms with Gasteiger partial charge >= 0.3 is 0 Å². The molecule has 1 aromatic carbocycles. The second kappa shape index (κ2) is 9.38. The second-order valence-electron chi connectivity index (χ2n) is 5.74. The Morgan fingerprint density at radius 2 is 2.00 bits per heavy atom. The molecule has 0 aliphatic rings. The van der Waals surface area contributed by atoms with Crippen molar-refractivity contribution in [1.29, 1.82) is 0 Å². The molecule has 1 N–H and O–H groups in total. The Balaban J connectivity index is 1.95. The monoisotopic (exact) mass is 396 g/mol. The van der Waals surface area contributed by atoms with Crippen molar-refractivity contribution >= 4 is 51.8 Å². The van der Waals surface area contributed by atoms with Crippen molar-refractivity contribution in [2.45, 2.75) is 12.1 Å². The Hall–Kier alpha value is -2.84. The van der Waals surface area contributed by atoms with E-state index < -0.39 is 11.4 Å². The van der Waals surface area contributed by atoms with Crippen molar-refractivity contribution in [2.75, 3.05) is 7.05 Å². The summed E-state index contributed by atoms with van der Waals surface area (Å²) in [6.07, 6.45) is 5.60. The number of aromatic nitrogens is 2. The number of halogens is 1. The SMILES string of the molecule is [B]C([B])(O)N(C=O)/C=C\C(=O)N(C)Cc1nc(/C=C/c2ccc(Cl)cc2)no1. The van der Waals surface area contributed by atoms with Crippen LogP contribution in [0, 0.1) is 0 Å². The van der Waals surface area contributed by atoms with E-state index in [1.54, 1.807) is 24.3 Å². The quantitative estimate of drug-likeness (QED) is 0.306. The highest BCUT2D eigenvalue weighted by Crippen LogP contribution is 2.12. The molecular formula is C17H15B2ClN4O4. The number of carbonyl (C=O) groups excluding carboxylic acids is 2. The van der Waals surface area contributed by atoms with Crippen LogP contribution < -0.4 is 0 Å². The maximum atomic E-state index is 12.1. The van der Waals surface area contributed by atoms with Crippen molar-refractivity contribution in [3.8, 4) is 0 Å². The third-order valence-electron chi connectivity index (χ3n) is 3.43. The lowest BCUT2D eigenvalue weighted by atomic mass is 9.72. The van der Waals surface area contributed by atoms with Gasteiger partial charge in [0.2, 0.25) is 18.2 Å². The summed E-state index contributed by atoms with van der Waals surface area (Å²) < 4.78 is 5.10. The van der Waals surface area contributed by atoms with Crippen molar-refractivity contribution in [1.82, 2.24) is 19.9 Å². The number of hydrogen-bond acceptors (Lipinski definition) is 6. The maximum absolute atomic E-state index is 12.1. The van der Waals surface area contributed by atoms with Crippen molar-refractivity contribution in [3.63, 3.8) is 0 Å². The van der Waals surface area contributed by atoms with E-state index in [2.05, 4.69) is 10.1 Å². The van der Waals surface area contributed by atoms with Crippen molar-refractivity contribution in [3.05, 3.63) is 58.8 Å². The Morgan fingerprint density at radius 3 is 2.61 bits per heavy atom. The van der Waals surface area contributed by atoms with E-state index in [4.69, 9.17) is 31.8 Å². The number of hydrogen-bond donors (Lipinski definition) is 1. The molecule has 140 valence electrons. The molecule has 2 rings (SSSR count). The molecule has 0 aliphatic carbocycles. The fourth-order valence-electron chi connectivity index (χ4n) is 1.94. The lowest BCUT2D eigenvalue weighted by molar-refractivity contribution is -0.125. The number of aliphatic hydroxyl groups is 1. The molecule has 0 saturated heterocycles. The highest BCUT2D eigenvalue weighted by molar-refractivity contribution is 6.39. The first-order valence-electron chi connectivity index (χ1n) is 7.92. The van der Waals surface area contributed by atoms with Gasteiger partial charge < -0.3 is 19.4 Å². The average molecular weight is 396 g/mol. The molecule has 0 fully saturated rings. The summed E-state index contributed by atoms with van der Waals surface area (Å²) >= 11 is 5.83. The van der Waals surface area contributed by atoms with Crippen LogP contribution in [0.25, 0.3) is 12.2 Å². The predicted molar refractivity (Wildman–Crippen MR) is 105 cm³/mol. The van der Waals surface area contributed by atoms with Crippen LogP contribution in [0.15, 0.2) is 41.1 Å². The fraction of sp³-hybridized carbons (Fsp3) is 0.176. The lowest BCUT2D eigenvalue weighted by Crippen LogP contribution is -2.46. The standard InChI is InChI=1S/C17H15B2ClN4O4/c1-23(16(26)8-9-24(11-25)17(18,19)27)10-15-21-14(22-28-15)7-4-12-2-5-13(20)6-3-12/h2-9,11,27H,10H2,1H3/b7-4+,9-8-. The fourth-order valence-corrected chi connectivity index (χ4v) is 2.06. The number of nitrogens with zero attached hydrogens (tertiary/aromatic N) is 4. The molecule has 0 aliphatic heterocycles. The zero-order valence-electron chi connectivity index (χ0n) is 14.9. The molecule has 4 radical (unpaired) electrons. The largest absolute Gasteiger partial charge is 0.389 e. The number of likely N-dealkylation sites (N-methyl/N-ethyl adjacent to an activating group) is 1. The van der Waals surface area contributed by atoms with E-state index in [0.29, 0.717) is 15.7 Å². The summed E-state index contributed by atoms with van der Waals surface area (Å²) in [6.45, 7) is 0.0293. The lowest BCUT2D eigenvalue weighted by Gasteiger charge is -2.28. The van der Waals surface area contributed by atoms with E-state index in [1.807, 2.05) is 12.1 Å². The summed E-state index contributed by atoms with van der Waals surface area (Å²) in [5.41, 5.74) is -1.50. The molecule has 28 heavy (non-hydrogen) atoms. The van der Waals surface area contributed by atoms with Crippen LogP contribution in [0.4, 0.5) is 0 Å². The predicted octanol–water partition coefficient (Wildman–Crippen LogP) is 0.764. The molecule has 8 nitrogen and oxygen atoms in total. The Bertz CT molecular complexity index is 878. The Labute approximate surface area is 169 Å². The summed E-state index contributed by atoms with van der Waals surface area (Å²) in [6, 6.07) is 7.20. The van der Waals surface area contributed by atoms with Gasteiger partial charge in [-0.05, 0) is 23.8 Å². The van der Waals surface area contributed by atoms with Crippen LogP contribution in [0.3, 0.4) is 0 Å². The van der Waals surface area contributed by atoms with Gasteiger partial charge in [-0.2, -0.15) is 4.98 Å². The number of benzene rings is 1. The molecule has 1 heterocycles. The van der Waals surface area contributed by atoms with Crippen LogP contribution in [0.2, 0.25) is 5.02 Å². The van der Waals surface area contributed by atoms with Gasteiger partial charge in [0.1, 0.15) is 15.7 Å². The van der Waals surface area contributed by atoms with Crippen LogP contribution in [-0.2, 0) is 16.1 Å². The van der Waals surface area contributed by atoms with Crippen LogP contribution in [-0.4, -0.2) is 65.6 Å². The molecule has 0 bridgehead atoms.